The van der Waals surface area contributed by atoms with Crippen molar-refractivity contribution in [2.45, 2.75) is 31.9 Å². The minimum atomic E-state index is 0.0515. The van der Waals surface area contributed by atoms with Gasteiger partial charge in [0, 0.05) is 12.3 Å². The fourth-order valence-corrected chi connectivity index (χ4v) is 3.64. The maximum absolute atomic E-state index is 12.0. The molecule has 2 aromatic rings. The summed E-state index contributed by atoms with van der Waals surface area (Å²) in [6.07, 6.45) is 2.76. The van der Waals surface area contributed by atoms with Gasteiger partial charge in [0.05, 0.1) is 22.4 Å². The Hall–Kier alpha value is -1.36. The highest BCUT2D eigenvalue weighted by Crippen LogP contribution is 2.24. The predicted molar refractivity (Wildman–Crippen MR) is 116 cm³/mol. The van der Waals surface area contributed by atoms with Gasteiger partial charge in [0.2, 0.25) is 5.91 Å². The van der Waals surface area contributed by atoms with E-state index in [1.54, 1.807) is 17.8 Å². The van der Waals surface area contributed by atoms with E-state index in [1.165, 1.54) is 5.56 Å². The van der Waals surface area contributed by atoms with Gasteiger partial charge in [-0.2, -0.15) is 0 Å². The molecule has 0 saturated carbocycles. The lowest BCUT2D eigenvalue weighted by atomic mass is 10.1. The van der Waals surface area contributed by atoms with Crippen LogP contribution < -0.4 is 10.1 Å². The summed E-state index contributed by atoms with van der Waals surface area (Å²) >= 11 is 13.5. The molecule has 0 fully saturated rings. The van der Waals surface area contributed by atoms with Crippen LogP contribution in [-0.4, -0.2) is 24.8 Å². The van der Waals surface area contributed by atoms with Gasteiger partial charge in [0.1, 0.15) is 5.75 Å². The Labute approximate surface area is 175 Å². The van der Waals surface area contributed by atoms with Crippen LogP contribution in [0.1, 0.15) is 30.9 Å². The van der Waals surface area contributed by atoms with Gasteiger partial charge < -0.3 is 10.1 Å². The monoisotopic (exact) mass is 425 g/mol. The zero-order valence-electron chi connectivity index (χ0n) is 15.5. The second kappa shape index (κ2) is 12.2. The van der Waals surface area contributed by atoms with Crippen molar-refractivity contribution >= 4 is 40.9 Å². The van der Waals surface area contributed by atoms with E-state index < -0.39 is 0 Å². The Balaban J connectivity index is 1.64. The summed E-state index contributed by atoms with van der Waals surface area (Å²) in [6, 6.07) is 13.6. The summed E-state index contributed by atoms with van der Waals surface area (Å²) < 4.78 is 5.77. The number of halogens is 2. The Bertz CT molecular complexity index is 740. The van der Waals surface area contributed by atoms with Gasteiger partial charge in [-0.3, -0.25) is 4.79 Å². The highest BCUT2D eigenvalue weighted by Gasteiger charge is 2.05. The largest absolute Gasteiger partial charge is 0.493 e. The van der Waals surface area contributed by atoms with E-state index in [9.17, 15) is 4.79 Å². The van der Waals surface area contributed by atoms with Crippen molar-refractivity contribution in [1.29, 1.82) is 0 Å². The van der Waals surface area contributed by atoms with E-state index >= 15 is 0 Å². The molecule has 1 N–H and O–H groups in total. The first-order valence-corrected chi connectivity index (χ1v) is 11.0. The van der Waals surface area contributed by atoms with E-state index in [-0.39, 0.29) is 5.91 Å². The molecule has 3 nitrogen and oxygen atoms in total. The smallest absolute Gasteiger partial charge is 0.230 e. The summed E-state index contributed by atoms with van der Waals surface area (Å²) in [7, 11) is 0. The molecule has 27 heavy (non-hydrogen) atoms. The molecule has 0 aliphatic carbocycles. The first kappa shape index (κ1) is 21.9. The van der Waals surface area contributed by atoms with Gasteiger partial charge in [-0.25, -0.2) is 0 Å². The van der Waals surface area contributed by atoms with E-state index in [0.717, 1.165) is 42.9 Å². The standard InChI is InChI=1S/C21H25Cl2NO2S/c1-2-12-26-20-8-4-3-6-17(20)7-5-11-24-21(25)15-27-14-16-9-10-18(22)19(23)13-16/h3-4,6,8-10,13H,2,5,7,11-12,14-15H2,1H3,(H,24,25). The molecule has 0 aromatic heterocycles. The number of ether oxygens (including phenoxy) is 1. The third-order valence-electron chi connectivity index (χ3n) is 3.87. The summed E-state index contributed by atoms with van der Waals surface area (Å²) in [5.74, 6) is 2.15. The topological polar surface area (TPSA) is 38.3 Å². The third-order valence-corrected chi connectivity index (χ3v) is 5.61. The molecule has 0 saturated heterocycles. The molecule has 0 heterocycles. The Morgan fingerprint density at radius 1 is 1.15 bits per heavy atom. The van der Waals surface area contributed by atoms with Crippen LogP contribution in [0, 0.1) is 0 Å². The number of nitrogens with one attached hydrogen (secondary N) is 1. The van der Waals surface area contributed by atoms with E-state index in [0.29, 0.717) is 22.3 Å². The van der Waals surface area contributed by atoms with Crippen LogP contribution in [0.2, 0.25) is 10.0 Å². The molecule has 1 amide bonds. The van der Waals surface area contributed by atoms with Gasteiger partial charge in [0.15, 0.2) is 0 Å². The van der Waals surface area contributed by atoms with Gasteiger partial charge in [-0.05, 0) is 48.6 Å². The average Bonchev–Trinajstić information content (AvgIpc) is 2.67. The first-order chi connectivity index (χ1) is 13.1. The number of rotatable bonds is 11. The molecule has 6 heteroatoms. The van der Waals surface area contributed by atoms with Gasteiger partial charge >= 0.3 is 0 Å². The summed E-state index contributed by atoms with van der Waals surface area (Å²) in [5, 5.41) is 4.06. The quantitative estimate of drug-likeness (QED) is 0.464. The average molecular weight is 426 g/mol. The van der Waals surface area contributed by atoms with Crippen LogP contribution in [-0.2, 0) is 17.0 Å². The number of carbonyl (C=O) groups excluding carboxylic acids is 1. The second-order valence-electron chi connectivity index (χ2n) is 6.15. The van der Waals surface area contributed by atoms with Crippen molar-refractivity contribution in [1.82, 2.24) is 5.32 Å². The number of amides is 1. The zero-order chi connectivity index (χ0) is 19.5. The number of benzene rings is 2. The van der Waals surface area contributed by atoms with Crippen molar-refractivity contribution in [3.63, 3.8) is 0 Å². The van der Waals surface area contributed by atoms with Gasteiger partial charge in [-0.1, -0.05) is 54.4 Å². The third kappa shape index (κ3) is 8.04. The van der Waals surface area contributed by atoms with E-state index in [1.807, 2.05) is 30.3 Å². The number of aryl methyl sites for hydroxylation is 1. The first-order valence-electron chi connectivity index (χ1n) is 9.09. The highest BCUT2D eigenvalue weighted by atomic mass is 35.5. The summed E-state index contributed by atoms with van der Waals surface area (Å²) in [5.41, 5.74) is 2.25. The Morgan fingerprint density at radius 3 is 2.74 bits per heavy atom. The van der Waals surface area contributed by atoms with E-state index in [2.05, 4.69) is 18.3 Å². The van der Waals surface area contributed by atoms with Crippen LogP contribution in [0.3, 0.4) is 0 Å². The normalized spacial score (nSPS) is 10.6. The van der Waals surface area contributed by atoms with Crippen molar-refractivity contribution in [3.8, 4) is 5.75 Å². The van der Waals surface area contributed by atoms with Crippen LogP contribution in [0.25, 0.3) is 0 Å². The van der Waals surface area contributed by atoms with Crippen molar-refractivity contribution < 1.29 is 9.53 Å². The van der Waals surface area contributed by atoms with Crippen molar-refractivity contribution in [2.24, 2.45) is 0 Å². The minimum absolute atomic E-state index is 0.0515. The summed E-state index contributed by atoms with van der Waals surface area (Å²) in [6.45, 7) is 3.48. The lowest BCUT2D eigenvalue weighted by Crippen LogP contribution is -2.26. The molecule has 2 aromatic carbocycles. The molecule has 146 valence electrons. The maximum Gasteiger partial charge on any atom is 0.230 e. The Morgan fingerprint density at radius 2 is 1.96 bits per heavy atom. The van der Waals surface area contributed by atoms with E-state index in [4.69, 9.17) is 27.9 Å². The fraction of sp³-hybridized carbons (Fsp3) is 0.381. The zero-order valence-corrected chi connectivity index (χ0v) is 17.8. The second-order valence-corrected chi connectivity index (χ2v) is 7.95. The molecule has 0 atom stereocenters. The number of hydrogen-bond donors (Lipinski definition) is 1. The molecule has 0 aliphatic rings. The molecule has 0 unspecified atom stereocenters. The SMILES string of the molecule is CCCOc1ccccc1CCCNC(=O)CSCc1ccc(Cl)c(Cl)c1. The minimum Gasteiger partial charge on any atom is -0.493 e. The molecular formula is C21H25Cl2NO2S. The van der Waals surface area contributed by atoms with Crippen LogP contribution in [0.5, 0.6) is 5.75 Å². The van der Waals surface area contributed by atoms with Crippen LogP contribution in [0.15, 0.2) is 42.5 Å². The number of para-hydroxylation sites is 1. The highest BCUT2D eigenvalue weighted by molar-refractivity contribution is 7.99. The Kier molecular flexibility index (Phi) is 9.89. The maximum atomic E-state index is 12.0. The number of thioether (sulfide) groups is 1. The molecule has 0 aliphatic heterocycles. The molecular weight excluding hydrogens is 401 g/mol. The molecule has 0 bridgehead atoms. The molecule has 2 rings (SSSR count). The van der Waals surface area contributed by atoms with Crippen LogP contribution in [0.4, 0.5) is 0 Å². The van der Waals surface area contributed by atoms with Crippen LogP contribution >= 0.6 is 35.0 Å². The summed E-state index contributed by atoms with van der Waals surface area (Å²) in [4.78, 5) is 12.0. The predicted octanol–water partition coefficient (Wildman–Crippen LogP) is 5.76. The van der Waals surface area contributed by atoms with Crippen molar-refractivity contribution in [2.75, 3.05) is 18.9 Å². The lowest BCUT2D eigenvalue weighted by molar-refractivity contribution is -0.118. The number of hydrogen-bond acceptors (Lipinski definition) is 3. The molecule has 0 radical (unpaired) electrons. The fourth-order valence-electron chi connectivity index (χ4n) is 2.51. The van der Waals surface area contributed by atoms with Gasteiger partial charge in [-0.15, -0.1) is 11.8 Å². The van der Waals surface area contributed by atoms with Crippen molar-refractivity contribution in [3.05, 3.63) is 63.6 Å². The molecule has 0 spiro atoms. The lowest BCUT2D eigenvalue weighted by Gasteiger charge is -2.11. The van der Waals surface area contributed by atoms with Gasteiger partial charge in [0.25, 0.3) is 0 Å². The number of carbonyl (C=O) groups is 1.